The lowest BCUT2D eigenvalue weighted by Gasteiger charge is -2.32. The quantitative estimate of drug-likeness (QED) is 0.859. The maximum Gasteiger partial charge on any atom is 0.107 e. The molecule has 1 atom stereocenters. The lowest BCUT2D eigenvalue weighted by molar-refractivity contribution is 0.164. The van der Waals surface area contributed by atoms with E-state index in [4.69, 9.17) is 0 Å². The molecule has 102 valence electrons. The Morgan fingerprint density at radius 1 is 1.56 bits per heavy atom. The fourth-order valence-electron chi connectivity index (χ4n) is 2.56. The molecule has 1 fully saturated rings. The second-order valence-electron chi connectivity index (χ2n) is 5.72. The molecule has 1 N–H and O–H groups in total. The molecule has 1 aliphatic rings. The van der Waals surface area contributed by atoms with E-state index < -0.39 is 0 Å². The zero-order valence-electron chi connectivity index (χ0n) is 11.6. The molecule has 4 heteroatoms. The van der Waals surface area contributed by atoms with Gasteiger partial charge in [0.2, 0.25) is 0 Å². The van der Waals surface area contributed by atoms with Crippen LogP contribution < -0.4 is 5.32 Å². The van der Waals surface area contributed by atoms with Gasteiger partial charge in [-0.25, -0.2) is 4.98 Å². The molecule has 2 rings (SSSR count). The maximum atomic E-state index is 4.38. The Balaban J connectivity index is 1.71. The van der Waals surface area contributed by atoms with Crippen LogP contribution in [0.5, 0.6) is 0 Å². The molecule has 1 unspecified atom stereocenters. The number of likely N-dealkylation sites (tertiary alicyclic amines) is 1. The third-order valence-electron chi connectivity index (χ3n) is 3.43. The molecule has 3 nitrogen and oxygen atoms in total. The van der Waals surface area contributed by atoms with Gasteiger partial charge in [-0.05, 0) is 44.3 Å². The summed E-state index contributed by atoms with van der Waals surface area (Å²) >= 11 is 1.77. The first-order chi connectivity index (χ1) is 8.74. The van der Waals surface area contributed by atoms with E-state index in [9.17, 15) is 0 Å². The van der Waals surface area contributed by atoms with E-state index >= 15 is 0 Å². The van der Waals surface area contributed by atoms with Gasteiger partial charge in [0.05, 0.1) is 6.54 Å². The minimum absolute atomic E-state index is 0.750. The summed E-state index contributed by atoms with van der Waals surface area (Å²) in [6, 6.07) is 0. The molecular formula is C14H25N3S. The van der Waals surface area contributed by atoms with Gasteiger partial charge in [-0.15, -0.1) is 11.3 Å². The lowest BCUT2D eigenvalue weighted by Crippen LogP contribution is -2.39. The van der Waals surface area contributed by atoms with Crippen molar-refractivity contribution in [3.05, 3.63) is 16.6 Å². The SMILES string of the molecule is CC(C)CNCC1CCCN(Cc2nccs2)C1. The summed E-state index contributed by atoms with van der Waals surface area (Å²) in [6.45, 7) is 10.4. The highest BCUT2D eigenvalue weighted by Gasteiger charge is 2.20. The summed E-state index contributed by atoms with van der Waals surface area (Å²) in [5.41, 5.74) is 0. The van der Waals surface area contributed by atoms with E-state index in [2.05, 4.69) is 34.4 Å². The molecule has 18 heavy (non-hydrogen) atoms. The van der Waals surface area contributed by atoms with Gasteiger partial charge in [0.15, 0.2) is 0 Å². The van der Waals surface area contributed by atoms with E-state index in [0.29, 0.717) is 0 Å². The van der Waals surface area contributed by atoms with Crippen molar-refractivity contribution < 1.29 is 0 Å². The standard InChI is InChI=1S/C14H25N3S/c1-12(2)8-15-9-13-4-3-6-17(10-13)11-14-16-5-7-18-14/h5,7,12-13,15H,3-4,6,8-11H2,1-2H3. The van der Waals surface area contributed by atoms with Gasteiger partial charge >= 0.3 is 0 Å². The molecule has 0 radical (unpaired) electrons. The summed E-state index contributed by atoms with van der Waals surface area (Å²) in [4.78, 5) is 6.94. The molecule has 0 saturated carbocycles. The van der Waals surface area contributed by atoms with Crippen molar-refractivity contribution in [1.29, 1.82) is 0 Å². The number of hydrogen-bond acceptors (Lipinski definition) is 4. The molecule has 2 heterocycles. The number of nitrogens with zero attached hydrogens (tertiary/aromatic N) is 2. The van der Waals surface area contributed by atoms with Crippen molar-refractivity contribution in [1.82, 2.24) is 15.2 Å². The fourth-order valence-corrected chi connectivity index (χ4v) is 3.22. The minimum atomic E-state index is 0.750. The highest BCUT2D eigenvalue weighted by Crippen LogP contribution is 2.18. The molecule has 1 aromatic heterocycles. The van der Waals surface area contributed by atoms with Crippen LogP contribution in [-0.2, 0) is 6.54 Å². The highest BCUT2D eigenvalue weighted by atomic mass is 32.1. The van der Waals surface area contributed by atoms with Crippen LogP contribution in [0.3, 0.4) is 0 Å². The van der Waals surface area contributed by atoms with Gasteiger partial charge in [0.25, 0.3) is 0 Å². The normalized spacial score (nSPS) is 21.6. The third-order valence-corrected chi connectivity index (χ3v) is 4.20. The van der Waals surface area contributed by atoms with Crippen LogP contribution in [-0.4, -0.2) is 36.1 Å². The van der Waals surface area contributed by atoms with Crippen LogP contribution >= 0.6 is 11.3 Å². The number of nitrogens with one attached hydrogen (secondary N) is 1. The van der Waals surface area contributed by atoms with Gasteiger partial charge in [-0.3, -0.25) is 4.90 Å². The van der Waals surface area contributed by atoms with Crippen molar-refractivity contribution in [2.45, 2.75) is 33.2 Å². The van der Waals surface area contributed by atoms with Crippen LogP contribution in [0.15, 0.2) is 11.6 Å². The van der Waals surface area contributed by atoms with Crippen molar-refractivity contribution in [2.24, 2.45) is 11.8 Å². The van der Waals surface area contributed by atoms with Gasteiger partial charge in [-0.2, -0.15) is 0 Å². The first-order valence-electron chi connectivity index (χ1n) is 7.05. The number of rotatable bonds is 6. The second kappa shape index (κ2) is 7.22. The highest BCUT2D eigenvalue weighted by molar-refractivity contribution is 7.09. The van der Waals surface area contributed by atoms with E-state index in [1.807, 2.05) is 6.20 Å². The number of piperidine rings is 1. The van der Waals surface area contributed by atoms with E-state index in [1.54, 1.807) is 11.3 Å². The zero-order chi connectivity index (χ0) is 12.8. The van der Waals surface area contributed by atoms with Crippen molar-refractivity contribution in [3.8, 4) is 0 Å². The van der Waals surface area contributed by atoms with E-state index in [-0.39, 0.29) is 0 Å². The Hall–Kier alpha value is -0.450. The van der Waals surface area contributed by atoms with Crippen molar-refractivity contribution >= 4 is 11.3 Å². The molecular weight excluding hydrogens is 242 g/mol. The van der Waals surface area contributed by atoms with Crippen molar-refractivity contribution in [2.75, 3.05) is 26.2 Å². The van der Waals surface area contributed by atoms with Crippen LogP contribution in [0.25, 0.3) is 0 Å². The monoisotopic (exact) mass is 267 g/mol. The molecule has 1 saturated heterocycles. The topological polar surface area (TPSA) is 28.2 Å². The number of aromatic nitrogens is 1. The minimum Gasteiger partial charge on any atom is -0.316 e. The zero-order valence-corrected chi connectivity index (χ0v) is 12.4. The van der Waals surface area contributed by atoms with Gasteiger partial charge in [0.1, 0.15) is 5.01 Å². The summed E-state index contributed by atoms with van der Waals surface area (Å²) in [5, 5.41) is 6.92. The largest absolute Gasteiger partial charge is 0.316 e. The second-order valence-corrected chi connectivity index (χ2v) is 6.70. The predicted octanol–water partition coefficient (Wildman–Crippen LogP) is 2.60. The summed E-state index contributed by atoms with van der Waals surface area (Å²) in [5.74, 6) is 1.57. The summed E-state index contributed by atoms with van der Waals surface area (Å²) < 4.78 is 0. The number of thiazole rings is 1. The first-order valence-corrected chi connectivity index (χ1v) is 7.93. The van der Waals surface area contributed by atoms with E-state index in [0.717, 1.165) is 24.9 Å². The van der Waals surface area contributed by atoms with Crippen LogP contribution in [0, 0.1) is 11.8 Å². The summed E-state index contributed by atoms with van der Waals surface area (Å²) in [7, 11) is 0. The maximum absolute atomic E-state index is 4.38. The molecule has 0 amide bonds. The average molecular weight is 267 g/mol. The van der Waals surface area contributed by atoms with Gasteiger partial charge in [-0.1, -0.05) is 13.8 Å². The van der Waals surface area contributed by atoms with Crippen LogP contribution in [0.1, 0.15) is 31.7 Å². The Labute approximate surface area is 115 Å². The molecule has 0 spiro atoms. The smallest absolute Gasteiger partial charge is 0.107 e. The van der Waals surface area contributed by atoms with Gasteiger partial charge in [0, 0.05) is 18.1 Å². The average Bonchev–Trinajstić information content (AvgIpc) is 2.82. The third kappa shape index (κ3) is 4.67. The van der Waals surface area contributed by atoms with Crippen LogP contribution in [0.2, 0.25) is 0 Å². The Bertz CT molecular complexity index is 324. The van der Waals surface area contributed by atoms with E-state index in [1.165, 1.54) is 37.5 Å². The first kappa shape index (κ1) is 14.0. The van der Waals surface area contributed by atoms with Crippen LogP contribution in [0.4, 0.5) is 0 Å². The number of hydrogen-bond donors (Lipinski definition) is 1. The Morgan fingerprint density at radius 2 is 2.44 bits per heavy atom. The molecule has 1 aliphatic heterocycles. The lowest BCUT2D eigenvalue weighted by atomic mass is 9.98. The Kier molecular flexibility index (Phi) is 5.60. The predicted molar refractivity (Wildman–Crippen MR) is 77.8 cm³/mol. The van der Waals surface area contributed by atoms with Gasteiger partial charge < -0.3 is 5.32 Å². The molecule has 0 aliphatic carbocycles. The molecule has 0 aromatic carbocycles. The fraction of sp³-hybridized carbons (Fsp3) is 0.786. The molecule has 1 aromatic rings. The molecule has 0 bridgehead atoms. The Morgan fingerprint density at radius 3 is 3.17 bits per heavy atom. The van der Waals surface area contributed by atoms with Crippen molar-refractivity contribution in [3.63, 3.8) is 0 Å². The summed E-state index contributed by atoms with van der Waals surface area (Å²) in [6.07, 6.45) is 4.62.